The summed E-state index contributed by atoms with van der Waals surface area (Å²) in [4.78, 5) is 10.5. The van der Waals surface area contributed by atoms with Gasteiger partial charge in [-0.3, -0.25) is 4.79 Å². The van der Waals surface area contributed by atoms with Crippen LogP contribution in [-0.4, -0.2) is 39.1 Å². The predicted molar refractivity (Wildman–Crippen MR) is 111 cm³/mol. The lowest BCUT2D eigenvalue weighted by Crippen LogP contribution is -2.30. The summed E-state index contributed by atoms with van der Waals surface area (Å²) in [6.07, 6.45) is 4.77. The molecule has 4 atom stereocenters. The lowest BCUT2D eigenvalue weighted by Gasteiger charge is -2.30. The summed E-state index contributed by atoms with van der Waals surface area (Å²) in [7, 11) is 0. The first-order valence-electron chi connectivity index (χ1n) is 10.3. The van der Waals surface area contributed by atoms with Gasteiger partial charge in [0, 0.05) is 18.1 Å². The van der Waals surface area contributed by atoms with E-state index in [4.69, 9.17) is 16.7 Å². The number of unbranched alkanes of at least 4 members (excludes halogenated alkanes) is 3. The Morgan fingerprint density at radius 3 is 2.32 bits per heavy atom. The second kappa shape index (κ2) is 13.9. The SMILES string of the molecule is CC[C@@H](O)[C@H](CCC(O)c1ccccc1Cl)[C@H](CO)CCCCCCC(=O)O. The standard InChI is InChI=1S/C22H35ClO5/c1-2-20(25)17(13-14-21(26)18-10-7-8-11-19(18)23)16(15-24)9-5-3-4-6-12-22(27)28/h7-8,10-11,16-17,20-21,24-26H,2-6,9,12-15H2,1H3,(H,27,28)/t16-,17+,20+,21?/m0/s1. The third kappa shape index (κ3) is 8.91. The van der Waals surface area contributed by atoms with E-state index in [1.807, 2.05) is 19.1 Å². The van der Waals surface area contributed by atoms with E-state index in [9.17, 15) is 20.1 Å². The molecule has 0 aromatic heterocycles. The Morgan fingerprint density at radius 2 is 1.71 bits per heavy atom. The number of aliphatic hydroxyl groups is 3. The summed E-state index contributed by atoms with van der Waals surface area (Å²) >= 11 is 6.16. The van der Waals surface area contributed by atoms with Gasteiger partial charge < -0.3 is 20.4 Å². The molecule has 0 saturated heterocycles. The van der Waals surface area contributed by atoms with Crippen LogP contribution in [0.1, 0.15) is 76.4 Å². The van der Waals surface area contributed by atoms with Crippen molar-refractivity contribution < 1.29 is 25.2 Å². The molecule has 0 aliphatic heterocycles. The largest absolute Gasteiger partial charge is 0.481 e. The van der Waals surface area contributed by atoms with E-state index < -0.39 is 18.2 Å². The maximum atomic E-state index is 10.5. The summed E-state index contributed by atoms with van der Waals surface area (Å²) < 4.78 is 0. The smallest absolute Gasteiger partial charge is 0.303 e. The van der Waals surface area contributed by atoms with Gasteiger partial charge >= 0.3 is 5.97 Å². The Hall–Kier alpha value is -1.14. The Kier molecular flexibility index (Phi) is 12.4. The monoisotopic (exact) mass is 414 g/mol. The number of hydrogen-bond donors (Lipinski definition) is 4. The molecule has 1 aromatic rings. The number of carboxylic acids is 1. The third-order valence-corrected chi connectivity index (χ3v) is 5.85. The van der Waals surface area contributed by atoms with Gasteiger partial charge in [-0.15, -0.1) is 0 Å². The van der Waals surface area contributed by atoms with Crippen LogP contribution in [0.25, 0.3) is 0 Å². The molecular weight excluding hydrogens is 380 g/mol. The van der Waals surface area contributed by atoms with E-state index in [0.717, 1.165) is 25.7 Å². The summed E-state index contributed by atoms with van der Waals surface area (Å²) in [5.74, 6) is -0.893. The minimum Gasteiger partial charge on any atom is -0.481 e. The van der Waals surface area contributed by atoms with Gasteiger partial charge in [-0.05, 0) is 55.6 Å². The highest BCUT2D eigenvalue weighted by atomic mass is 35.5. The molecule has 0 radical (unpaired) electrons. The number of hydrogen-bond acceptors (Lipinski definition) is 4. The van der Waals surface area contributed by atoms with Crippen molar-refractivity contribution in [3.8, 4) is 0 Å². The van der Waals surface area contributed by atoms with E-state index in [0.29, 0.717) is 36.3 Å². The van der Waals surface area contributed by atoms with E-state index >= 15 is 0 Å². The molecule has 0 spiro atoms. The lowest BCUT2D eigenvalue weighted by molar-refractivity contribution is -0.137. The average molecular weight is 415 g/mol. The second-order valence-electron chi connectivity index (χ2n) is 7.54. The quantitative estimate of drug-likeness (QED) is 0.315. The highest BCUT2D eigenvalue weighted by molar-refractivity contribution is 6.31. The fourth-order valence-corrected chi connectivity index (χ4v) is 4.03. The van der Waals surface area contributed by atoms with Crippen molar-refractivity contribution in [2.75, 3.05) is 6.61 Å². The van der Waals surface area contributed by atoms with Crippen LogP contribution in [0.3, 0.4) is 0 Å². The maximum Gasteiger partial charge on any atom is 0.303 e. The first-order valence-corrected chi connectivity index (χ1v) is 10.7. The lowest BCUT2D eigenvalue weighted by atomic mass is 9.79. The molecule has 0 saturated carbocycles. The van der Waals surface area contributed by atoms with Crippen LogP contribution in [0, 0.1) is 11.8 Å². The van der Waals surface area contributed by atoms with Crippen LogP contribution in [0.4, 0.5) is 0 Å². The normalized spacial score (nSPS) is 15.8. The van der Waals surface area contributed by atoms with Gasteiger partial charge in [0.15, 0.2) is 0 Å². The van der Waals surface area contributed by atoms with Crippen molar-refractivity contribution in [3.63, 3.8) is 0 Å². The highest BCUT2D eigenvalue weighted by Crippen LogP contribution is 2.32. The fourth-order valence-electron chi connectivity index (χ4n) is 3.77. The zero-order chi connectivity index (χ0) is 20.9. The number of rotatable bonds is 15. The maximum absolute atomic E-state index is 10.5. The van der Waals surface area contributed by atoms with Gasteiger partial charge in [0.2, 0.25) is 0 Å². The van der Waals surface area contributed by atoms with E-state index in [1.165, 1.54) is 0 Å². The van der Waals surface area contributed by atoms with Crippen LogP contribution in [0.15, 0.2) is 24.3 Å². The molecule has 0 aliphatic rings. The van der Waals surface area contributed by atoms with E-state index in [-0.39, 0.29) is 24.9 Å². The van der Waals surface area contributed by atoms with Gasteiger partial charge in [0.25, 0.3) is 0 Å². The molecule has 0 fully saturated rings. The van der Waals surface area contributed by atoms with Gasteiger partial charge in [0.1, 0.15) is 0 Å². The molecular formula is C22H35ClO5. The number of halogens is 1. The predicted octanol–water partition coefficient (Wildman–Crippen LogP) is 4.57. The van der Waals surface area contributed by atoms with E-state index in [2.05, 4.69) is 0 Å². The first-order chi connectivity index (χ1) is 13.4. The molecule has 160 valence electrons. The topological polar surface area (TPSA) is 98.0 Å². The van der Waals surface area contributed by atoms with Gasteiger partial charge in [0.05, 0.1) is 12.2 Å². The number of carbonyl (C=O) groups is 1. The molecule has 1 aromatic carbocycles. The molecule has 0 amide bonds. The van der Waals surface area contributed by atoms with Gasteiger partial charge in [-0.1, -0.05) is 56.0 Å². The van der Waals surface area contributed by atoms with Crippen LogP contribution in [-0.2, 0) is 4.79 Å². The zero-order valence-corrected chi connectivity index (χ0v) is 17.5. The van der Waals surface area contributed by atoms with Crippen molar-refractivity contribution in [1.29, 1.82) is 0 Å². The highest BCUT2D eigenvalue weighted by Gasteiger charge is 2.27. The Morgan fingerprint density at radius 1 is 1.04 bits per heavy atom. The fraction of sp³-hybridized carbons (Fsp3) is 0.682. The van der Waals surface area contributed by atoms with Crippen LogP contribution in [0.5, 0.6) is 0 Å². The van der Waals surface area contributed by atoms with Crippen LogP contribution >= 0.6 is 11.6 Å². The number of aliphatic carboxylic acids is 1. The average Bonchev–Trinajstić information content (AvgIpc) is 2.68. The molecule has 28 heavy (non-hydrogen) atoms. The minimum absolute atomic E-state index is 0.000951. The summed E-state index contributed by atoms with van der Waals surface area (Å²) in [5.41, 5.74) is 0.688. The first kappa shape index (κ1) is 24.9. The summed E-state index contributed by atoms with van der Waals surface area (Å²) in [6.45, 7) is 1.92. The Bertz CT molecular complexity index is 566. The molecule has 0 heterocycles. The molecule has 1 rings (SSSR count). The van der Waals surface area contributed by atoms with Crippen molar-refractivity contribution in [3.05, 3.63) is 34.9 Å². The summed E-state index contributed by atoms with van der Waals surface area (Å²) in [5, 5.41) is 40.0. The molecule has 1 unspecified atom stereocenters. The van der Waals surface area contributed by atoms with Gasteiger partial charge in [-0.25, -0.2) is 0 Å². The van der Waals surface area contributed by atoms with Crippen molar-refractivity contribution in [1.82, 2.24) is 0 Å². The molecule has 4 N–H and O–H groups in total. The third-order valence-electron chi connectivity index (χ3n) is 5.51. The van der Waals surface area contributed by atoms with Crippen molar-refractivity contribution in [2.45, 2.75) is 76.9 Å². The van der Waals surface area contributed by atoms with Crippen molar-refractivity contribution >= 4 is 17.6 Å². The number of benzene rings is 1. The van der Waals surface area contributed by atoms with Crippen LogP contribution in [0.2, 0.25) is 5.02 Å². The molecule has 6 heteroatoms. The van der Waals surface area contributed by atoms with Crippen LogP contribution < -0.4 is 0 Å². The number of carboxylic acid groups (broad SMARTS) is 1. The van der Waals surface area contributed by atoms with E-state index in [1.54, 1.807) is 12.1 Å². The van der Waals surface area contributed by atoms with Gasteiger partial charge in [-0.2, -0.15) is 0 Å². The summed E-state index contributed by atoms with van der Waals surface area (Å²) in [6, 6.07) is 7.21. The Balaban J connectivity index is 2.56. The number of aliphatic hydroxyl groups excluding tert-OH is 3. The molecule has 0 bridgehead atoms. The molecule has 0 aliphatic carbocycles. The minimum atomic E-state index is -0.767. The Labute approximate surface area is 173 Å². The second-order valence-corrected chi connectivity index (χ2v) is 7.95. The zero-order valence-electron chi connectivity index (χ0n) is 16.8. The van der Waals surface area contributed by atoms with Crippen molar-refractivity contribution in [2.24, 2.45) is 11.8 Å². The molecule has 5 nitrogen and oxygen atoms in total.